The third kappa shape index (κ3) is 5.69. The number of hydrogen-bond acceptors (Lipinski definition) is 3. The minimum atomic E-state index is 0.636. The molecule has 0 aliphatic heterocycles. The van der Waals surface area contributed by atoms with Crippen molar-refractivity contribution in [2.24, 2.45) is 0 Å². The zero-order valence-corrected chi connectivity index (χ0v) is 29.4. The van der Waals surface area contributed by atoms with E-state index in [1.807, 2.05) is 18.2 Å². The molecule has 10 aromatic rings. The van der Waals surface area contributed by atoms with Crippen LogP contribution in [0.15, 0.2) is 200 Å². The van der Waals surface area contributed by atoms with Gasteiger partial charge in [-0.3, -0.25) is 0 Å². The van der Waals surface area contributed by atoms with Gasteiger partial charge < -0.3 is 0 Å². The Labute approximate surface area is 313 Å². The van der Waals surface area contributed by atoms with E-state index in [1.165, 1.54) is 33.0 Å². The van der Waals surface area contributed by atoms with Crippen molar-refractivity contribution < 1.29 is 0 Å². The van der Waals surface area contributed by atoms with Gasteiger partial charge in [0.15, 0.2) is 17.5 Å². The molecule has 252 valence electrons. The molecule has 0 aliphatic rings. The zero-order chi connectivity index (χ0) is 35.8. The highest BCUT2D eigenvalue weighted by atomic mass is 15.0. The molecule has 9 aromatic carbocycles. The monoisotopic (exact) mass is 687 g/mol. The lowest BCUT2D eigenvalue weighted by molar-refractivity contribution is 1.08. The number of benzene rings is 9. The molecule has 0 unspecified atom stereocenters. The van der Waals surface area contributed by atoms with Crippen LogP contribution in [-0.2, 0) is 0 Å². The minimum absolute atomic E-state index is 0.636. The molecule has 0 aliphatic carbocycles. The van der Waals surface area contributed by atoms with Gasteiger partial charge in [-0.1, -0.05) is 182 Å². The molecule has 3 heteroatoms. The van der Waals surface area contributed by atoms with Gasteiger partial charge in [0.1, 0.15) is 0 Å². The summed E-state index contributed by atoms with van der Waals surface area (Å²) in [7, 11) is 0. The second-order valence-electron chi connectivity index (χ2n) is 13.6. The fourth-order valence-electron chi connectivity index (χ4n) is 7.68. The summed E-state index contributed by atoms with van der Waals surface area (Å²) < 4.78 is 0. The Hall–Kier alpha value is -7.23. The van der Waals surface area contributed by atoms with E-state index >= 15 is 0 Å². The van der Waals surface area contributed by atoms with E-state index in [4.69, 9.17) is 15.0 Å². The van der Waals surface area contributed by atoms with E-state index in [0.29, 0.717) is 17.5 Å². The molecule has 0 saturated carbocycles. The molecule has 0 N–H and O–H groups in total. The van der Waals surface area contributed by atoms with Crippen LogP contribution in [0, 0.1) is 0 Å². The lowest BCUT2D eigenvalue weighted by Crippen LogP contribution is -2.02. The van der Waals surface area contributed by atoms with Crippen LogP contribution in [0.4, 0.5) is 0 Å². The van der Waals surface area contributed by atoms with Gasteiger partial charge in [0.25, 0.3) is 0 Å². The maximum Gasteiger partial charge on any atom is 0.165 e. The summed E-state index contributed by atoms with van der Waals surface area (Å²) in [5.74, 6) is 1.92. The van der Waals surface area contributed by atoms with Crippen molar-refractivity contribution >= 4 is 32.3 Å². The first-order chi connectivity index (χ1) is 26.8. The Morgan fingerprint density at radius 1 is 0.222 bits per heavy atom. The van der Waals surface area contributed by atoms with Crippen LogP contribution in [0.5, 0.6) is 0 Å². The Bertz CT molecular complexity index is 2970. The number of rotatable bonds is 6. The normalized spacial score (nSPS) is 11.3. The fourth-order valence-corrected chi connectivity index (χ4v) is 7.68. The van der Waals surface area contributed by atoms with Gasteiger partial charge in [-0.05, 0) is 78.3 Å². The number of hydrogen-bond donors (Lipinski definition) is 0. The largest absolute Gasteiger partial charge is 0.208 e. The van der Waals surface area contributed by atoms with E-state index in [0.717, 1.165) is 49.4 Å². The van der Waals surface area contributed by atoms with Gasteiger partial charge in [-0.25, -0.2) is 15.0 Å². The SMILES string of the molecule is c1ccc(-c2cccc(-c3ccc4cc(-c5nc(-c6ccccc6)nc(-c6c(-c7ccccc7)c7ccccc7c7ccccc67)n5)ccc4c3)c2)cc1. The summed E-state index contributed by atoms with van der Waals surface area (Å²) in [5.41, 5.74) is 9.90. The molecule has 54 heavy (non-hydrogen) atoms. The molecule has 0 bridgehead atoms. The minimum Gasteiger partial charge on any atom is -0.208 e. The molecule has 0 fully saturated rings. The highest BCUT2D eigenvalue weighted by Crippen LogP contribution is 2.44. The van der Waals surface area contributed by atoms with Crippen LogP contribution in [-0.4, -0.2) is 15.0 Å². The second-order valence-corrected chi connectivity index (χ2v) is 13.6. The summed E-state index contributed by atoms with van der Waals surface area (Å²) in [4.78, 5) is 15.7. The van der Waals surface area contributed by atoms with Gasteiger partial charge in [-0.15, -0.1) is 0 Å². The molecule has 0 atom stereocenters. The third-order valence-corrected chi connectivity index (χ3v) is 10.3. The van der Waals surface area contributed by atoms with Crippen LogP contribution >= 0.6 is 0 Å². The average Bonchev–Trinajstić information content (AvgIpc) is 3.26. The maximum atomic E-state index is 5.33. The average molecular weight is 688 g/mol. The summed E-state index contributed by atoms with van der Waals surface area (Å²) in [5, 5.41) is 6.92. The Balaban J connectivity index is 1.16. The quantitative estimate of drug-likeness (QED) is 0.163. The van der Waals surface area contributed by atoms with E-state index < -0.39 is 0 Å². The molecule has 0 saturated heterocycles. The van der Waals surface area contributed by atoms with Crippen molar-refractivity contribution in [1.29, 1.82) is 0 Å². The maximum absolute atomic E-state index is 5.33. The lowest BCUT2D eigenvalue weighted by atomic mass is 9.87. The van der Waals surface area contributed by atoms with E-state index in [-0.39, 0.29) is 0 Å². The highest BCUT2D eigenvalue weighted by Gasteiger charge is 2.21. The van der Waals surface area contributed by atoms with E-state index in [9.17, 15) is 0 Å². The molecule has 0 amide bonds. The Morgan fingerprint density at radius 3 is 1.26 bits per heavy atom. The number of nitrogens with zero attached hydrogens (tertiary/aromatic N) is 3. The van der Waals surface area contributed by atoms with Crippen molar-refractivity contribution in [2.45, 2.75) is 0 Å². The van der Waals surface area contributed by atoms with Crippen LogP contribution in [0.25, 0.3) is 99.9 Å². The molecule has 0 radical (unpaired) electrons. The Morgan fingerprint density at radius 2 is 0.630 bits per heavy atom. The molecular formula is C51H33N3. The standard InChI is InChI=1S/C51H33N3/c1-4-15-34(16-5-1)37-21-14-22-38(31-37)39-27-28-41-33-42(30-29-40(41)32-39)50-52-49(36-19-8-3-9-20-36)53-51(54-50)48-46-26-13-11-24-44(46)43-23-10-12-25-45(43)47(48)35-17-6-2-7-18-35/h1-33H. The predicted octanol–water partition coefficient (Wildman–Crippen LogP) is 13.3. The predicted molar refractivity (Wildman–Crippen MR) is 225 cm³/mol. The van der Waals surface area contributed by atoms with Crippen molar-refractivity contribution in [3.63, 3.8) is 0 Å². The molecule has 10 rings (SSSR count). The first-order valence-corrected chi connectivity index (χ1v) is 18.3. The first-order valence-electron chi connectivity index (χ1n) is 18.3. The van der Waals surface area contributed by atoms with Crippen molar-refractivity contribution in [3.05, 3.63) is 200 Å². The lowest BCUT2D eigenvalue weighted by Gasteiger charge is -2.18. The zero-order valence-electron chi connectivity index (χ0n) is 29.4. The van der Waals surface area contributed by atoms with Gasteiger partial charge in [-0.2, -0.15) is 0 Å². The third-order valence-electron chi connectivity index (χ3n) is 10.3. The van der Waals surface area contributed by atoms with Crippen LogP contribution < -0.4 is 0 Å². The molecule has 0 spiro atoms. The van der Waals surface area contributed by atoms with Gasteiger partial charge in [0.05, 0.1) is 0 Å². The van der Waals surface area contributed by atoms with Gasteiger partial charge in [0, 0.05) is 22.3 Å². The summed E-state index contributed by atoms with van der Waals surface area (Å²) >= 11 is 0. The van der Waals surface area contributed by atoms with Gasteiger partial charge >= 0.3 is 0 Å². The molecule has 1 aromatic heterocycles. The first kappa shape index (κ1) is 31.5. The van der Waals surface area contributed by atoms with Crippen LogP contribution in [0.1, 0.15) is 0 Å². The summed E-state index contributed by atoms with van der Waals surface area (Å²) in [6.07, 6.45) is 0. The summed E-state index contributed by atoms with van der Waals surface area (Å²) in [6, 6.07) is 70.5. The topological polar surface area (TPSA) is 38.7 Å². The smallest absolute Gasteiger partial charge is 0.165 e. The van der Waals surface area contributed by atoms with E-state index in [2.05, 4.69) is 182 Å². The van der Waals surface area contributed by atoms with E-state index in [1.54, 1.807) is 0 Å². The van der Waals surface area contributed by atoms with Crippen LogP contribution in [0.2, 0.25) is 0 Å². The van der Waals surface area contributed by atoms with Crippen molar-refractivity contribution in [2.75, 3.05) is 0 Å². The molecule has 3 nitrogen and oxygen atoms in total. The molecular weight excluding hydrogens is 655 g/mol. The van der Waals surface area contributed by atoms with Gasteiger partial charge in [0.2, 0.25) is 0 Å². The van der Waals surface area contributed by atoms with Crippen molar-refractivity contribution in [1.82, 2.24) is 15.0 Å². The Kier molecular flexibility index (Phi) is 7.81. The second kappa shape index (κ2) is 13.4. The molecule has 1 heterocycles. The highest BCUT2D eigenvalue weighted by molar-refractivity contribution is 6.21. The fraction of sp³-hybridized carbons (Fsp3) is 0. The van der Waals surface area contributed by atoms with Crippen LogP contribution in [0.3, 0.4) is 0 Å². The number of aromatic nitrogens is 3. The summed E-state index contributed by atoms with van der Waals surface area (Å²) in [6.45, 7) is 0. The number of fused-ring (bicyclic) bond motifs is 4. The van der Waals surface area contributed by atoms with Crippen molar-refractivity contribution in [3.8, 4) is 67.5 Å².